The van der Waals surface area contributed by atoms with Crippen LogP contribution in [0.2, 0.25) is 0 Å². The van der Waals surface area contributed by atoms with Gasteiger partial charge in [-0.2, -0.15) is 5.26 Å². The summed E-state index contributed by atoms with van der Waals surface area (Å²) in [5, 5.41) is 12.4. The normalized spacial score (nSPS) is 17.1. The Kier molecular flexibility index (Phi) is 5.67. The zero-order valence-electron chi connectivity index (χ0n) is 15.1. The number of morpholine rings is 1. The van der Waals surface area contributed by atoms with Crippen LogP contribution in [0.4, 0.5) is 0 Å². The fourth-order valence-electron chi connectivity index (χ4n) is 3.52. The number of hydrogen-bond acceptors (Lipinski definition) is 6. The standard InChI is InChI=1S/C20H21N3O2S2/c21-12-16(14-3-1-2-4-14)20-22-17(13-26-20)18-6-5-15(27-18)11-19(24)23-7-9-25-10-8-23/h5-6,13H,1-4,7-11H2. The first-order valence-corrected chi connectivity index (χ1v) is 11.0. The maximum absolute atomic E-state index is 12.4. The van der Waals surface area contributed by atoms with Crippen LogP contribution >= 0.6 is 22.7 Å². The quantitative estimate of drug-likeness (QED) is 0.725. The Morgan fingerprint density at radius 2 is 2.04 bits per heavy atom. The molecule has 5 nitrogen and oxygen atoms in total. The molecule has 1 saturated carbocycles. The van der Waals surface area contributed by atoms with E-state index in [4.69, 9.17) is 9.72 Å². The number of carbonyl (C=O) groups excluding carboxylic acids is 1. The fourth-order valence-corrected chi connectivity index (χ4v) is 5.41. The van der Waals surface area contributed by atoms with Crippen molar-refractivity contribution in [3.8, 4) is 16.6 Å². The van der Waals surface area contributed by atoms with Crippen molar-refractivity contribution in [2.75, 3.05) is 26.3 Å². The third kappa shape index (κ3) is 4.13. The van der Waals surface area contributed by atoms with Crippen molar-refractivity contribution in [2.24, 2.45) is 0 Å². The molecule has 2 aliphatic rings. The van der Waals surface area contributed by atoms with E-state index in [2.05, 4.69) is 6.07 Å². The SMILES string of the molecule is N#CC(=C1CCCC1)c1nc(-c2ccc(CC(=O)N3CCOCC3)s2)cs1. The van der Waals surface area contributed by atoms with Crippen molar-refractivity contribution < 1.29 is 9.53 Å². The van der Waals surface area contributed by atoms with E-state index in [1.807, 2.05) is 22.4 Å². The smallest absolute Gasteiger partial charge is 0.227 e. The van der Waals surface area contributed by atoms with Crippen LogP contribution in [0.1, 0.15) is 35.6 Å². The molecule has 4 rings (SSSR count). The lowest BCUT2D eigenvalue weighted by Crippen LogP contribution is -2.41. The van der Waals surface area contributed by atoms with Gasteiger partial charge in [0.05, 0.1) is 35.8 Å². The van der Waals surface area contributed by atoms with Gasteiger partial charge in [-0.3, -0.25) is 4.79 Å². The van der Waals surface area contributed by atoms with E-state index >= 15 is 0 Å². The van der Waals surface area contributed by atoms with E-state index in [9.17, 15) is 10.1 Å². The highest BCUT2D eigenvalue weighted by Crippen LogP contribution is 2.35. The highest BCUT2D eigenvalue weighted by atomic mass is 32.1. The predicted octanol–water partition coefficient (Wildman–Crippen LogP) is 4.12. The van der Waals surface area contributed by atoms with Crippen LogP contribution in [-0.2, 0) is 16.0 Å². The molecule has 0 spiro atoms. The van der Waals surface area contributed by atoms with Gasteiger partial charge in [0, 0.05) is 23.3 Å². The summed E-state index contributed by atoms with van der Waals surface area (Å²) in [5.74, 6) is 0.156. The zero-order valence-corrected chi connectivity index (χ0v) is 16.7. The highest BCUT2D eigenvalue weighted by Gasteiger charge is 2.20. The van der Waals surface area contributed by atoms with Crippen molar-refractivity contribution in [3.63, 3.8) is 0 Å². The Labute approximate surface area is 166 Å². The second-order valence-electron chi connectivity index (χ2n) is 6.77. The van der Waals surface area contributed by atoms with Crippen LogP contribution in [0.25, 0.3) is 16.1 Å². The van der Waals surface area contributed by atoms with E-state index < -0.39 is 0 Å². The lowest BCUT2D eigenvalue weighted by atomic mass is 10.1. The average Bonchev–Trinajstić information content (AvgIpc) is 3.45. The van der Waals surface area contributed by atoms with Gasteiger partial charge in [0.25, 0.3) is 0 Å². The number of aromatic nitrogens is 1. The predicted molar refractivity (Wildman–Crippen MR) is 108 cm³/mol. The summed E-state index contributed by atoms with van der Waals surface area (Å²) in [6.45, 7) is 2.61. The van der Waals surface area contributed by atoms with Gasteiger partial charge in [0.15, 0.2) is 0 Å². The van der Waals surface area contributed by atoms with Gasteiger partial charge in [-0.15, -0.1) is 22.7 Å². The number of carbonyl (C=O) groups is 1. The Balaban J connectivity index is 1.47. The van der Waals surface area contributed by atoms with Crippen LogP contribution < -0.4 is 0 Å². The molecule has 1 aliphatic carbocycles. The Morgan fingerprint density at radius 3 is 2.78 bits per heavy atom. The van der Waals surface area contributed by atoms with Crippen LogP contribution in [0.3, 0.4) is 0 Å². The lowest BCUT2D eigenvalue weighted by molar-refractivity contribution is -0.134. The summed E-state index contributed by atoms with van der Waals surface area (Å²) in [5.41, 5.74) is 2.92. The molecule has 1 amide bonds. The monoisotopic (exact) mass is 399 g/mol. The molecule has 0 radical (unpaired) electrons. The molecule has 2 aromatic heterocycles. The van der Waals surface area contributed by atoms with Crippen molar-refractivity contribution >= 4 is 34.2 Å². The maximum atomic E-state index is 12.4. The number of thiazole rings is 1. The molecule has 7 heteroatoms. The second-order valence-corrected chi connectivity index (χ2v) is 8.80. The number of allylic oxidation sites excluding steroid dienone is 2. The first kappa shape index (κ1) is 18.4. The van der Waals surface area contributed by atoms with Crippen molar-refractivity contribution in [3.05, 3.63) is 33.0 Å². The highest BCUT2D eigenvalue weighted by molar-refractivity contribution is 7.16. The van der Waals surface area contributed by atoms with Crippen molar-refractivity contribution in [1.29, 1.82) is 5.26 Å². The van der Waals surface area contributed by atoms with Gasteiger partial charge in [0.2, 0.25) is 5.91 Å². The third-order valence-corrected chi connectivity index (χ3v) is 6.96. The van der Waals surface area contributed by atoms with Crippen molar-refractivity contribution in [2.45, 2.75) is 32.1 Å². The number of nitrogens with zero attached hydrogens (tertiary/aromatic N) is 3. The largest absolute Gasteiger partial charge is 0.378 e. The lowest BCUT2D eigenvalue weighted by Gasteiger charge is -2.26. The summed E-state index contributed by atoms with van der Waals surface area (Å²) in [6, 6.07) is 6.40. The van der Waals surface area contributed by atoms with Gasteiger partial charge in [0.1, 0.15) is 11.1 Å². The molecular weight excluding hydrogens is 378 g/mol. The van der Waals surface area contributed by atoms with E-state index in [-0.39, 0.29) is 5.91 Å². The minimum atomic E-state index is 0.156. The van der Waals surface area contributed by atoms with Gasteiger partial charge in [-0.1, -0.05) is 0 Å². The molecule has 3 heterocycles. The fraction of sp³-hybridized carbons (Fsp3) is 0.450. The van der Waals surface area contributed by atoms with E-state index in [1.165, 1.54) is 29.8 Å². The first-order chi connectivity index (χ1) is 13.2. The average molecular weight is 400 g/mol. The Bertz CT molecular complexity index is 892. The molecule has 0 bridgehead atoms. The molecule has 0 N–H and O–H groups in total. The molecular formula is C20H21N3O2S2. The summed E-state index contributed by atoms with van der Waals surface area (Å²) in [7, 11) is 0. The Hall–Kier alpha value is -2.01. The number of rotatable bonds is 4. The van der Waals surface area contributed by atoms with Crippen LogP contribution in [-0.4, -0.2) is 42.1 Å². The summed E-state index contributed by atoms with van der Waals surface area (Å²) < 4.78 is 5.30. The first-order valence-electron chi connectivity index (χ1n) is 9.27. The van der Waals surface area contributed by atoms with Crippen LogP contribution in [0, 0.1) is 11.3 Å². The minimum Gasteiger partial charge on any atom is -0.378 e. The molecule has 0 aromatic carbocycles. The van der Waals surface area contributed by atoms with Gasteiger partial charge in [-0.25, -0.2) is 4.98 Å². The van der Waals surface area contributed by atoms with Gasteiger partial charge in [-0.05, 0) is 43.4 Å². The van der Waals surface area contributed by atoms with E-state index in [1.54, 1.807) is 11.3 Å². The third-order valence-electron chi connectivity index (χ3n) is 4.99. The summed E-state index contributed by atoms with van der Waals surface area (Å²) >= 11 is 3.15. The number of hydrogen-bond donors (Lipinski definition) is 0. The van der Waals surface area contributed by atoms with E-state index in [0.29, 0.717) is 32.7 Å². The summed E-state index contributed by atoms with van der Waals surface area (Å²) in [4.78, 5) is 21.1. The molecule has 0 unspecified atom stereocenters. The second kappa shape index (κ2) is 8.34. The number of ether oxygens (including phenoxy) is 1. The maximum Gasteiger partial charge on any atom is 0.227 e. The van der Waals surface area contributed by atoms with Crippen molar-refractivity contribution in [1.82, 2.24) is 9.88 Å². The number of thiophene rings is 1. The molecule has 0 atom stereocenters. The molecule has 1 aliphatic heterocycles. The van der Waals surface area contributed by atoms with Gasteiger partial charge < -0.3 is 9.64 Å². The van der Waals surface area contributed by atoms with E-state index in [0.717, 1.165) is 38.9 Å². The molecule has 1 saturated heterocycles. The van der Waals surface area contributed by atoms with Gasteiger partial charge >= 0.3 is 0 Å². The minimum absolute atomic E-state index is 0.156. The molecule has 2 aromatic rings. The topological polar surface area (TPSA) is 66.2 Å². The Morgan fingerprint density at radius 1 is 1.26 bits per heavy atom. The summed E-state index contributed by atoms with van der Waals surface area (Å²) in [6.07, 6.45) is 4.80. The van der Waals surface area contributed by atoms with Crippen LogP contribution in [0.5, 0.6) is 0 Å². The molecule has 2 fully saturated rings. The molecule has 140 valence electrons. The van der Waals surface area contributed by atoms with Crippen LogP contribution in [0.15, 0.2) is 23.1 Å². The number of nitriles is 1. The number of amides is 1. The molecule has 27 heavy (non-hydrogen) atoms. The zero-order chi connectivity index (χ0) is 18.6.